The topological polar surface area (TPSA) is 35.5 Å². The minimum Gasteiger partial charge on any atom is -0.467 e. The van der Waals surface area contributed by atoms with Gasteiger partial charge in [-0.1, -0.05) is 19.3 Å². The van der Waals surface area contributed by atoms with Crippen LogP contribution in [0.25, 0.3) is 0 Å². The van der Waals surface area contributed by atoms with Crippen molar-refractivity contribution in [3.63, 3.8) is 0 Å². The van der Waals surface area contributed by atoms with E-state index in [1.807, 2.05) is 0 Å². The maximum absolute atomic E-state index is 11.5. The van der Waals surface area contributed by atoms with Gasteiger partial charge in [0.1, 0.15) is 0 Å². The van der Waals surface area contributed by atoms with Crippen molar-refractivity contribution in [2.75, 3.05) is 13.7 Å². The lowest BCUT2D eigenvalue weighted by Gasteiger charge is -2.23. The van der Waals surface area contributed by atoms with Crippen LogP contribution in [0.1, 0.15) is 44.9 Å². The highest BCUT2D eigenvalue weighted by molar-refractivity contribution is 5.75. The zero-order valence-corrected chi connectivity index (χ0v) is 10.1. The van der Waals surface area contributed by atoms with Gasteiger partial charge < -0.3 is 9.47 Å². The van der Waals surface area contributed by atoms with Crippen LogP contribution in [0.3, 0.4) is 0 Å². The minimum atomic E-state index is -0.285. The number of rotatable bonds is 5. The maximum Gasteiger partial charge on any atom is 0.335 e. The van der Waals surface area contributed by atoms with Gasteiger partial charge in [0.15, 0.2) is 6.10 Å². The van der Waals surface area contributed by atoms with Crippen LogP contribution in [-0.2, 0) is 14.3 Å². The van der Waals surface area contributed by atoms with Crippen molar-refractivity contribution < 1.29 is 14.3 Å². The first-order valence-electron chi connectivity index (χ1n) is 6.50. The van der Waals surface area contributed by atoms with Crippen molar-refractivity contribution in [2.24, 2.45) is 11.8 Å². The minimum absolute atomic E-state index is 0.182. The van der Waals surface area contributed by atoms with Crippen molar-refractivity contribution >= 4 is 5.97 Å². The van der Waals surface area contributed by atoms with Crippen molar-refractivity contribution in [1.82, 2.24) is 0 Å². The van der Waals surface area contributed by atoms with Gasteiger partial charge in [-0.15, -0.1) is 0 Å². The Labute approximate surface area is 97.5 Å². The molecule has 2 rings (SSSR count). The Kier molecular flexibility index (Phi) is 4.22. The molecular formula is C13H22O3. The first kappa shape index (κ1) is 11.9. The summed E-state index contributed by atoms with van der Waals surface area (Å²) in [6.07, 6.45) is 8.47. The molecule has 0 saturated heterocycles. The maximum atomic E-state index is 11.5. The molecule has 1 unspecified atom stereocenters. The average Bonchev–Trinajstić information content (AvgIpc) is 3.15. The Morgan fingerprint density at radius 3 is 2.44 bits per heavy atom. The Morgan fingerprint density at radius 1 is 1.19 bits per heavy atom. The number of hydrogen-bond donors (Lipinski definition) is 0. The Bertz CT molecular complexity index is 229. The van der Waals surface area contributed by atoms with Gasteiger partial charge in [-0.3, -0.25) is 0 Å². The smallest absolute Gasteiger partial charge is 0.335 e. The van der Waals surface area contributed by atoms with Crippen LogP contribution in [-0.4, -0.2) is 25.8 Å². The highest BCUT2D eigenvalue weighted by Gasteiger charge is 2.38. The third-order valence-corrected chi connectivity index (χ3v) is 3.72. The van der Waals surface area contributed by atoms with Crippen molar-refractivity contribution in [1.29, 1.82) is 0 Å². The van der Waals surface area contributed by atoms with Gasteiger partial charge in [0.2, 0.25) is 0 Å². The lowest BCUT2D eigenvalue weighted by molar-refractivity contribution is -0.156. The van der Waals surface area contributed by atoms with E-state index in [9.17, 15) is 4.79 Å². The zero-order chi connectivity index (χ0) is 11.4. The fraction of sp³-hybridized carbons (Fsp3) is 0.923. The molecule has 0 spiro atoms. The monoisotopic (exact) mass is 226 g/mol. The van der Waals surface area contributed by atoms with Gasteiger partial charge >= 0.3 is 5.97 Å². The van der Waals surface area contributed by atoms with E-state index in [0.29, 0.717) is 11.8 Å². The summed E-state index contributed by atoms with van der Waals surface area (Å²) in [7, 11) is 1.45. The Morgan fingerprint density at radius 2 is 1.88 bits per heavy atom. The van der Waals surface area contributed by atoms with Gasteiger partial charge in [0.25, 0.3) is 0 Å². The molecule has 0 aromatic rings. The summed E-state index contributed by atoms with van der Waals surface area (Å²) in [5.74, 6) is 0.911. The van der Waals surface area contributed by atoms with Gasteiger partial charge in [0, 0.05) is 0 Å². The molecule has 16 heavy (non-hydrogen) atoms. The van der Waals surface area contributed by atoms with Crippen molar-refractivity contribution in [3.8, 4) is 0 Å². The van der Waals surface area contributed by atoms with E-state index in [4.69, 9.17) is 9.47 Å². The SMILES string of the molecule is COC(=O)C(OCC1CCCCC1)C1CC1. The molecule has 92 valence electrons. The van der Waals surface area contributed by atoms with E-state index in [1.54, 1.807) is 0 Å². The summed E-state index contributed by atoms with van der Waals surface area (Å²) in [5.41, 5.74) is 0. The summed E-state index contributed by atoms with van der Waals surface area (Å²) in [4.78, 5) is 11.5. The largest absolute Gasteiger partial charge is 0.467 e. The van der Waals surface area contributed by atoms with Crippen LogP contribution in [0.4, 0.5) is 0 Å². The second-order valence-corrected chi connectivity index (χ2v) is 5.12. The van der Waals surface area contributed by atoms with Gasteiger partial charge in [-0.05, 0) is 37.5 Å². The summed E-state index contributed by atoms with van der Waals surface area (Å²) in [6, 6.07) is 0. The number of methoxy groups -OCH3 is 1. The van der Waals surface area contributed by atoms with E-state index in [-0.39, 0.29) is 12.1 Å². The number of ether oxygens (including phenoxy) is 2. The fourth-order valence-electron chi connectivity index (χ4n) is 2.51. The van der Waals surface area contributed by atoms with Crippen molar-refractivity contribution in [2.45, 2.75) is 51.0 Å². The summed E-state index contributed by atoms with van der Waals surface area (Å²) >= 11 is 0. The van der Waals surface area contributed by atoms with Crippen LogP contribution >= 0.6 is 0 Å². The van der Waals surface area contributed by atoms with Gasteiger partial charge in [-0.2, -0.15) is 0 Å². The molecule has 1 atom stereocenters. The molecule has 0 radical (unpaired) electrons. The van der Waals surface area contributed by atoms with E-state index < -0.39 is 0 Å². The molecule has 0 aromatic heterocycles. The Hall–Kier alpha value is -0.570. The molecule has 2 fully saturated rings. The predicted octanol–water partition coefficient (Wildman–Crippen LogP) is 2.53. The van der Waals surface area contributed by atoms with E-state index in [0.717, 1.165) is 19.4 Å². The van der Waals surface area contributed by atoms with Gasteiger partial charge in [0.05, 0.1) is 13.7 Å². The van der Waals surface area contributed by atoms with Gasteiger partial charge in [-0.25, -0.2) is 4.79 Å². The molecule has 3 heteroatoms. The normalized spacial score (nSPS) is 24.1. The second-order valence-electron chi connectivity index (χ2n) is 5.12. The highest BCUT2D eigenvalue weighted by atomic mass is 16.6. The van der Waals surface area contributed by atoms with E-state index >= 15 is 0 Å². The van der Waals surface area contributed by atoms with Crippen LogP contribution in [0.15, 0.2) is 0 Å². The standard InChI is InChI=1S/C13H22O3/c1-15-13(14)12(11-7-8-11)16-9-10-5-3-2-4-6-10/h10-12H,2-9H2,1H3. The molecule has 0 N–H and O–H groups in total. The molecule has 2 aliphatic carbocycles. The summed E-state index contributed by atoms with van der Waals surface area (Å²) in [6.45, 7) is 0.746. The molecule has 0 aromatic carbocycles. The molecule has 3 nitrogen and oxygen atoms in total. The summed E-state index contributed by atoms with van der Waals surface area (Å²) < 4.78 is 10.6. The summed E-state index contributed by atoms with van der Waals surface area (Å²) in [5, 5.41) is 0. The Balaban J connectivity index is 1.74. The zero-order valence-electron chi connectivity index (χ0n) is 10.1. The quantitative estimate of drug-likeness (QED) is 0.676. The lowest BCUT2D eigenvalue weighted by atomic mass is 9.90. The van der Waals surface area contributed by atoms with Crippen LogP contribution in [0, 0.1) is 11.8 Å². The molecule has 2 saturated carbocycles. The molecule has 0 aliphatic heterocycles. The van der Waals surface area contributed by atoms with Crippen molar-refractivity contribution in [3.05, 3.63) is 0 Å². The number of esters is 1. The number of carbonyl (C=O) groups is 1. The molecule has 0 bridgehead atoms. The molecular weight excluding hydrogens is 204 g/mol. The molecule has 0 heterocycles. The average molecular weight is 226 g/mol. The predicted molar refractivity (Wildman–Crippen MR) is 61.1 cm³/mol. The molecule has 2 aliphatic rings. The second kappa shape index (κ2) is 5.67. The first-order valence-corrected chi connectivity index (χ1v) is 6.50. The fourth-order valence-corrected chi connectivity index (χ4v) is 2.51. The van der Waals surface area contributed by atoms with E-state index in [1.165, 1.54) is 39.2 Å². The van der Waals surface area contributed by atoms with E-state index in [2.05, 4.69) is 0 Å². The van der Waals surface area contributed by atoms with Crippen LogP contribution in [0.5, 0.6) is 0 Å². The number of carbonyl (C=O) groups excluding carboxylic acids is 1. The first-order chi connectivity index (χ1) is 7.81. The molecule has 0 amide bonds. The number of hydrogen-bond acceptors (Lipinski definition) is 3. The third-order valence-electron chi connectivity index (χ3n) is 3.72. The highest BCUT2D eigenvalue weighted by Crippen LogP contribution is 2.35. The third kappa shape index (κ3) is 3.21. The van der Waals surface area contributed by atoms with Crippen LogP contribution < -0.4 is 0 Å². The lowest BCUT2D eigenvalue weighted by Crippen LogP contribution is -2.30. The van der Waals surface area contributed by atoms with Crippen LogP contribution in [0.2, 0.25) is 0 Å².